The number of likely N-dealkylation sites (tertiary alicyclic amines) is 1. The van der Waals surface area contributed by atoms with Crippen LogP contribution < -0.4 is 10.6 Å². The second kappa shape index (κ2) is 28.2. The number of amides is 6. The first-order chi connectivity index (χ1) is 34.9. The average Bonchev–Trinajstić information content (AvgIpc) is 4.13. The van der Waals surface area contributed by atoms with E-state index in [9.17, 15) is 28.8 Å². The molecule has 400 valence electrons. The second-order valence-electron chi connectivity index (χ2n) is 20.7. The van der Waals surface area contributed by atoms with Crippen LogP contribution in [0.2, 0.25) is 0 Å². The van der Waals surface area contributed by atoms with Crippen molar-refractivity contribution < 1.29 is 42.7 Å². The highest BCUT2D eigenvalue weighted by Gasteiger charge is 2.44. The fourth-order valence-corrected chi connectivity index (χ4v) is 10.8. The highest BCUT2D eigenvalue weighted by Crippen LogP contribution is 2.32. The maximum absolute atomic E-state index is 14.6. The largest absolute Gasteiger partial charge is 0.418 e. The number of likely N-dealkylation sites (N-methyl/N-ethyl adjacent to an activating group) is 2. The molecule has 17 heteroatoms. The van der Waals surface area contributed by atoms with Crippen LogP contribution in [0.15, 0.2) is 77.2 Å². The van der Waals surface area contributed by atoms with Gasteiger partial charge in [-0.15, -0.1) is 10.2 Å². The lowest BCUT2D eigenvalue weighted by molar-refractivity contribution is -0.144. The van der Waals surface area contributed by atoms with Gasteiger partial charge in [0.05, 0.1) is 42.7 Å². The molecule has 1 fully saturated rings. The molecular weight excluding hydrogens is 929 g/mol. The topological polar surface area (TPSA) is 197 Å². The molecule has 0 unspecified atom stereocenters. The number of carbonyl (C=O) groups is 6. The molecule has 2 N–H and O–H groups in total. The lowest BCUT2D eigenvalue weighted by Gasteiger charge is -2.43. The summed E-state index contributed by atoms with van der Waals surface area (Å²) in [6.45, 7) is 15.3. The minimum absolute atomic E-state index is 0.00804. The lowest BCUT2D eigenvalue weighted by Crippen LogP contribution is -2.60. The molecule has 0 radical (unpaired) electrons. The first-order valence-corrected chi connectivity index (χ1v) is 26.3. The van der Waals surface area contributed by atoms with E-state index in [0.717, 1.165) is 43.2 Å². The molecule has 17 nitrogen and oxygen atoms in total. The van der Waals surface area contributed by atoms with Crippen molar-refractivity contribution in [1.82, 2.24) is 40.4 Å². The van der Waals surface area contributed by atoms with E-state index >= 15 is 0 Å². The Hall–Kier alpha value is -5.62. The molecule has 73 heavy (non-hydrogen) atoms. The third kappa shape index (κ3) is 15.5. The van der Waals surface area contributed by atoms with Crippen LogP contribution in [0.5, 0.6) is 0 Å². The normalized spacial score (nSPS) is 18.3. The molecule has 3 aromatic rings. The van der Waals surface area contributed by atoms with Crippen molar-refractivity contribution in [3.05, 3.63) is 84.3 Å². The Labute approximate surface area is 433 Å². The molecule has 0 saturated carbocycles. The number of methoxy groups -OCH3 is 2. The van der Waals surface area contributed by atoms with Gasteiger partial charge in [0.1, 0.15) is 6.04 Å². The van der Waals surface area contributed by atoms with Gasteiger partial charge in [0, 0.05) is 57.5 Å². The fourth-order valence-electron chi connectivity index (χ4n) is 10.8. The van der Waals surface area contributed by atoms with E-state index in [1.807, 2.05) is 124 Å². The number of hydrogen-bond acceptors (Lipinski definition) is 13. The monoisotopic (exact) mass is 1010 g/mol. The Morgan fingerprint density at radius 1 is 0.795 bits per heavy atom. The van der Waals surface area contributed by atoms with E-state index in [0.29, 0.717) is 44.8 Å². The Balaban J connectivity index is 1.24. The number of nitrogens with one attached hydrogen (secondary N) is 2. The Kier molecular flexibility index (Phi) is 22.5. The van der Waals surface area contributed by atoms with Crippen LogP contribution >= 0.6 is 0 Å². The quantitative estimate of drug-likeness (QED) is 0.0555. The Bertz CT molecular complexity index is 2270. The predicted octanol–water partition coefficient (Wildman–Crippen LogP) is 6.64. The molecule has 9 atom stereocenters. The smallest absolute Gasteiger partial charge is 0.253 e. The zero-order chi connectivity index (χ0) is 53.4. The number of unbranched alkanes of at least 4 members (excludes halogenated alkanes) is 3. The van der Waals surface area contributed by atoms with Crippen LogP contribution in [0.4, 0.5) is 0 Å². The predicted molar refractivity (Wildman–Crippen MR) is 279 cm³/mol. The molecule has 1 aromatic heterocycles. The summed E-state index contributed by atoms with van der Waals surface area (Å²) in [6.07, 6.45) is 7.10. The molecule has 5 rings (SSSR count). The summed E-state index contributed by atoms with van der Waals surface area (Å²) in [5.74, 6) is -2.08. The Morgan fingerprint density at radius 2 is 1.41 bits per heavy atom. The molecule has 2 aromatic carbocycles. The number of aromatic nitrogens is 2. The maximum atomic E-state index is 14.6. The van der Waals surface area contributed by atoms with Gasteiger partial charge in [0.25, 0.3) is 11.8 Å². The number of benzene rings is 2. The highest BCUT2D eigenvalue weighted by molar-refractivity contribution is 6.12. The van der Waals surface area contributed by atoms with Gasteiger partial charge < -0.3 is 24.1 Å². The van der Waals surface area contributed by atoms with Crippen molar-refractivity contribution in [3.63, 3.8) is 0 Å². The zero-order valence-electron chi connectivity index (χ0n) is 45.1. The van der Waals surface area contributed by atoms with E-state index in [2.05, 4.69) is 34.7 Å². The van der Waals surface area contributed by atoms with Gasteiger partial charge in [-0.1, -0.05) is 116 Å². The van der Waals surface area contributed by atoms with Crippen molar-refractivity contribution in [2.24, 2.45) is 23.7 Å². The summed E-state index contributed by atoms with van der Waals surface area (Å²) in [5.41, 5.74) is 1.74. The number of carbonyl (C=O) groups excluding carboxylic acids is 6. The van der Waals surface area contributed by atoms with Crippen LogP contribution in [0, 0.1) is 23.7 Å². The SMILES string of the molecule is CC[C@H](C)[C@@H]([C@@H](CC(=O)N1CCC[C@H]1[C@H](OC)[C@@H](C)C(=O)N[C@@H](Cc1ccccc1)c1nnc(-c2ccccc2)o1)OC)N(C)[C@H](C(=O)NC(=O)[C@H](C(C)C)N(C)CCCCCCN1C(=O)C=CC1=O)C(C)C. The summed E-state index contributed by atoms with van der Waals surface area (Å²) in [4.78, 5) is 88.2. The number of rotatable bonds is 29. The van der Waals surface area contributed by atoms with E-state index in [4.69, 9.17) is 13.9 Å². The minimum Gasteiger partial charge on any atom is -0.418 e. The molecular formula is C56H82N8O9. The third-order valence-electron chi connectivity index (χ3n) is 14.8. The van der Waals surface area contributed by atoms with Crippen LogP contribution in [0.1, 0.15) is 117 Å². The molecule has 0 bridgehead atoms. The molecule has 6 amide bonds. The summed E-state index contributed by atoms with van der Waals surface area (Å²) in [5, 5.41) is 14.6. The lowest BCUT2D eigenvalue weighted by atomic mass is 9.87. The highest BCUT2D eigenvalue weighted by atomic mass is 16.5. The maximum Gasteiger partial charge on any atom is 0.253 e. The molecule has 0 aliphatic carbocycles. The van der Waals surface area contributed by atoms with Crippen molar-refractivity contribution >= 4 is 35.4 Å². The van der Waals surface area contributed by atoms with E-state index in [-0.39, 0.29) is 71.7 Å². The third-order valence-corrected chi connectivity index (χ3v) is 14.8. The summed E-state index contributed by atoms with van der Waals surface area (Å²) < 4.78 is 18.5. The van der Waals surface area contributed by atoms with Crippen LogP contribution in [0.3, 0.4) is 0 Å². The average molecular weight is 1010 g/mol. The van der Waals surface area contributed by atoms with Crippen LogP contribution in [-0.2, 0) is 44.7 Å². The molecule has 3 heterocycles. The zero-order valence-corrected chi connectivity index (χ0v) is 45.1. The van der Waals surface area contributed by atoms with Gasteiger partial charge in [0.2, 0.25) is 35.4 Å². The van der Waals surface area contributed by atoms with Gasteiger partial charge in [-0.05, 0) is 81.8 Å². The van der Waals surface area contributed by atoms with E-state index < -0.39 is 42.2 Å². The number of ether oxygens (including phenoxy) is 2. The molecule has 2 aliphatic rings. The van der Waals surface area contributed by atoms with E-state index in [1.54, 1.807) is 14.2 Å². The molecule has 2 aliphatic heterocycles. The Morgan fingerprint density at radius 3 is 2.01 bits per heavy atom. The summed E-state index contributed by atoms with van der Waals surface area (Å²) in [7, 11) is 6.94. The van der Waals surface area contributed by atoms with Crippen molar-refractivity contribution in [2.45, 2.75) is 149 Å². The molecule has 1 saturated heterocycles. The van der Waals surface area contributed by atoms with Gasteiger partial charge in [-0.25, -0.2) is 0 Å². The fraction of sp³-hybridized carbons (Fsp3) is 0.607. The first kappa shape index (κ1) is 58.3. The van der Waals surface area contributed by atoms with Gasteiger partial charge in [0.15, 0.2) is 0 Å². The number of hydrogen-bond donors (Lipinski definition) is 2. The second-order valence-corrected chi connectivity index (χ2v) is 20.7. The van der Waals surface area contributed by atoms with Crippen molar-refractivity contribution in [1.29, 1.82) is 0 Å². The van der Waals surface area contributed by atoms with Gasteiger partial charge in [-0.2, -0.15) is 0 Å². The van der Waals surface area contributed by atoms with Gasteiger partial charge >= 0.3 is 0 Å². The molecule has 0 spiro atoms. The van der Waals surface area contributed by atoms with Crippen LogP contribution in [-0.4, -0.2) is 150 Å². The van der Waals surface area contributed by atoms with Crippen molar-refractivity contribution in [2.75, 3.05) is 47.9 Å². The van der Waals surface area contributed by atoms with E-state index in [1.165, 1.54) is 17.1 Å². The number of imide groups is 2. The minimum atomic E-state index is -0.724. The van der Waals surface area contributed by atoms with Crippen LogP contribution in [0.25, 0.3) is 11.5 Å². The first-order valence-electron chi connectivity index (χ1n) is 26.3. The summed E-state index contributed by atoms with van der Waals surface area (Å²) in [6, 6.07) is 16.5. The number of nitrogens with zero attached hydrogens (tertiary/aromatic N) is 6. The summed E-state index contributed by atoms with van der Waals surface area (Å²) >= 11 is 0. The standard InChI is InChI=1S/C56H82N8O9/c1-12-38(6)50(62(9)49(37(4)5)54(70)58-53(69)48(36(2)3)61(8)31-21-13-14-22-32-64-45(65)29-30-46(64)66)44(71-10)35-47(67)63-33-23-28-43(63)51(72-11)39(7)52(68)57-42(34-40-24-17-15-18-25-40)56-60-59-55(73-56)41-26-19-16-20-27-41/h15-20,24-27,29-30,36-39,42-44,48-51H,12-14,21-23,28,31-35H2,1-11H3,(H,57,68)(H,58,69,70)/t38-,39+,42-,43-,44+,48-,49-,50-,51+/m0/s1. The van der Waals surface area contributed by atoms with Gasteiger partial charge in [-0.3, -0.25) is 48.8 Å². The van der Waals surface area contributed by atoms with Crippen molar-refractivity contribution in [3.8, 4) is 11.5 Å².